The molecule has 0 saturated heterocycles. The summed E-state index contributed by atoms with van der Waals surface area (Å²) in [6, 6.07) is 1.00. The van der Waals surface area contributed by atoms with Crippen molar-refractivity contribution in [2.75, 3.05) is 5.73 Å². The van der Waals surface area contributed by atoms with E-state index in [0.717, 1.165) is 12.3 Å². The van der Waals surface area contributed by atoms with Crippen molar-refractivity contribution >= 4 is 16.7 Å². The molecule has 1 aromatic carbocycles. The summed E-state index contributed by atoms with van der Waals surface area (Å²) in [5.74, 6) is -1.66. The van der Waals surface area contributed by atoms with Gasteiger partial charge in [0.25, 0.3) is 0 Å². The van der Waals surface area contributed by atoms with Crippen molar-refractivity contribution < 1.29 is 13.3 Å². The molecule has 0 bridgehead atoms. The van der Waals surface area contributed by atoms with Crippen molar-refractivity contribution in [3.8, 4) is 0 Å². The number of benzene rings is 1. The highest BCUT2D eigenvalue weighted by molar-refractivity contribution is 5.80. The molecule has 62 valence electrons. The third kappa shape index (κ3) is 0.761. The third-order valence-electron chi connectivity index (χ3n) is 1.59. The molecule has 0 radical (unpaired) electrons. The first-order valence-corrected chi connectivity index (χ1v) is 3.18. The summed E-state index contributed by atoms with van der Waals surface area (Å²) in [4.78, 5) is 0. The molecule has 3 nitrogen and oxygen atoms in total. The fourth-order valence-corrected chi connectivity index (χ4v) is 0.960. The summed E-state index contributed by atoms with van der Waals surface area (Å²) >= 11 is 0. The molecule has 0 fully saturated rings. The zero-order chi connectivity index (χ0) is 8.72. The highest BCUT2D eigenvalue weighted by Gasteiger charge is 2.12. The quantitative estimate of drug-likeness (QED) is 0.612. The summed E-state index contributed by atoms with van der Waals surface area (Å²) in [7, 11) is 0. The van der Waals surface area contributed by atoms with E-state index < -0.39 is 17.3 Å². The second-order valence-electron chi connectivity index (χ2n) is 2.32. The molecule has 0 spiro atoms. The summed E-state index contributed by atoms with van der Waals surface area (Å²) in [5, 5.41) is 3.40. The van der Waals surface area contributed by atoms with Crippen molar-refractivity contribution in [2.45, 2.75) is 0 Å². The van der Waals surface area contributed by atoms with E-state index in [1.165, 1.54) is 0 Å². The Bertz CT molecular complexity index is 438. The number of hydrogen-bond donors (Lipinski definition) is 1. The van der Waals surface area contributed by atoms with Gasteiger partial charge in [-0.1, -0.05) is 5.16 Å². The number of halogens is 2. The van der Waals surface area contributed by atoms with Gasteiger partial charge < -0.3 is 10.3 Å². The topological polar surface area (TPSA) is 52.0 Å². The van der Waals surface area contributed by atoms with Crippen LogP contribution in [0, 0.1) is 11.6 Å². The monoisotopic (exact) mass is 170 g/mol. The van der Waals surface area contributed by atoms with Gasteiger partial charge in [0.2, 0.25) is 0 Å². The average Bonchev–Trinajstić information content (AvgIpc) is 2.48. The van der Waals surface area contributed by atoms with E-state index in [9.17, 15) is 8.78 Å². The maximum absolute atomic E-state index is 13.0. The van der Waals surface area contributed by atoms with Gasteiger partial charge in [-0.3, -0.25) is 0 Å². The van der Waals surface area contributed by atoms with Crippen LogP contribution in [0.2, 0.25) is 0 Å². The molecule has 2 rings (SSSR count). The Hall–Kier alpha value is -1.65. The minimum Gasteiger partial charge on any atom is -0.394 e. The van der Waals surface area contributed by atoms with E-state index in [1.807, 2.05) is 0 Å². The van der Waals surface area contributed by atoms with Crippen LogP contribution >= 0.6 is 0 Å². The van der Waals surface area contributed by atoms with Gasteiger partial charge in [0.15, 0.2) is 17.2 Å². The molecule has 2 N–H and O–H groups in total. The van der Waals surface area contributed by atoms with Gasteiger partial charge in [0.05, 0.1) is 11.6 Å². The lowest BCUT2D eigenvalue weighted by Gasteiger charge is -1.96. The van der Waals surface area contributed by atoms with Gasteiger partial charge in [-0.15, -0.1) is 0 Å². The molecular formula is C7H4F2N2O. The molecule has 2 aromatic rings. The van der Waals surface area contributed by atoms with Crippen LogP contribution in [-0.2, 0) is 0 Å². The van der Waals surface area contributed by atoms with E-state index >= 15 is 0 Å². The highest BCUT2D eigenvalue weighted by atomic mass is 19.1. The summed E-state index contributed by atoms with van der Waals surface area (Å²) in [6.07, 6.45) is 1.15. The van der Waals surface area contributed by atoms with Gasteiger partial charge in [-0.05, 0) is 0 Å². The van der Waals surface area contributed by atoms with Crippen LogP contribution in [0.25, 0.3) is 11.0 Å². The van der Waals surface area contributed by atoms with Crippen molar-refractivity contribution in [1.82, 2.24) is 5.16 Å². The molecule has 0 aliphatic heterocycles. The molecule has 0 aliphatic rings. The normalized spacial score (nSPS) is 10.8. The number of fused-ring (bicyclic) bond motifs is 1. The van der Waals surface area contributed by atoms with Crippen LogP contribution in [0.3, 0.4) is 0 Å². The zero-order valence-electron chi connectivity index (χ0n) is 5.84. The first-order chi connectivity index (χ1) is 5.70. The van der Waals surface area contributed by atoms with Crippen LogP contribution < -0.4 is 5.73 Å². The van der Waals surface area contributed by atoms with Gasteiger partial charge >= 0.3 is 0 Å². The smallest absolute Gasteiger partial charge is 0.172 e. The molecule has 12 heavy (non-hydrogen) atoms. The number of rotatable bonds is 0. The molecule has 0 atom stereocenters. The lowest BCUT2D eigenvalue weighted by molar-refractivity contribution is 0.454. The lowest BCUT2D eigenvalue weighted by Crippen LogP contribution is -1.94. The minimum absolute atomic E-state index is 0.0548. The van der Waals surface area contributed by atoms with Gasteiger partial charge in [0.1, 0.15) is 5.69 Å². The maximum Gasteiger partial charge on any atom is 0.172 e. The van der Waals surface area contributed by atoms with Crippen LogP contribution in [0.15, 0.2) is 16.8 Å². The zero-order valence-corrected chi connectivity index (χ0v) is 5.84. The Labute approximate surface area is 65.7 Å². The molecule has 1 aromatic heterocycles. The molecule has 0 aliphatic carbocycles. The van der Waals surface area contributed by atoms with E-state index in [0.29, 0.717) is 0 Å². The average molecular weight is 170 g/mol. The van der Waals surface area contributed by atoms with Crippen LogP contribution in [0.4, 0.5) is 14.5 Å². The van der Waals surface area contributed by atoms with Gasteiger partial charge in [0, 0.05) is 6.07 Å². The predicted molar refractivity (Wildman–Crippen MR) is 38.3 cm³/mol. The largest absolute Gasteiger partial charge is 0.394 e. The van der Waals surface area contributed by atoms with Crippen molar-refractivity contribution in [1.29, 1.82) is 0 Å². The van der Waals surface area contributed by atoms with Crippen LogP contribution in [-0.4, -0.2) is 5.16 Å². The SMILES string of the molecule is Nc1c(F)cc2oncc2c1F. The number of nitrogen functional groups attached to an aromatic ring is 1. The third-order valence-corrected chi connectivity index (χ3v) is 1.59. The maximum atomic E-state index is 13.0. The van der Waals surface area contributed by atoms with Gasteiger partial charge in [-0.25, -0.2) is 8.78 Å². The first kappa shape index (κ1) is 7.02. The van der Waals surface area contributed by atoms with E-state index in [1.54, 1.807) is 0 Å². The number of aromatic nitrogens is 1. The first-order valence-electron chi connectivity index (χ1n) is 3.18. The molecule has 0 unspecified atom stereocenters. The molecule has 5 heteroatoms. The second kappa shape index (κ2) is 2.17. The van der Waals surface area contributed by atoms with Crippen molar-refractivity contribution in [3.63, 3.8) is 0 Å². The molecule has 0 saturated carbocycles. The van der Waals surface area contributed by atoms with E-state index in [2.05, 4.69) is 9.68 Å². The van der Waals surface area contributed by atoms with Crippen molar-refractivity contribution in [2.24, 2.45) is 0 Å². The Morgan fingerprint density at radius 1 is 1.42 bits per heavy atom. The minimum atomic E-state index is -0.836. The van der Waals surface area contributed by atoms with E-state index in [-0.39, 0.29) is 11.0 Å². The summed E-state index contributed by atoms with van der Waals surface area (Å²) < 4.78 is 30.3. The Kier molecular flexibility index (Phi) is 1.27. The van der Waals surface area contributed by atoms with E-state index in [4.69, 9.17) is 5.73 Å². The Morgan fingerprint density at radius 2 is 2.17 bits per heavy atom. The number of nitrogens with two attached hydrogens (primary N) is 1. The van der Waals surface area contributed by atoms with Crippen LogP contribution in [0.5, 0.6) is 0 Å². The number of hydrogen-bond acceptors (Lipinski definition) is 3. The summed E-state index contributed by atoms with van der Waals surface area (Å²) in [6.45, 7) is 0. The Morgan fingerprint density at radius 3 is 2.92 bits per heavy atom. The molecular weight excluding hydrogens is 166 g/mol. The fourth-order valence-electron chi connectivity index (χ4n) is 0.960. The van der Waals surface area contributed by atoms with Gasteiger partial charge in [-0.2, -0.15) is 0 Å². The fraction of sp³-hybridized carbons (Fsp3) is 0. The standard InChI is InChI=1S/C7H4F2N2O/c8-4-1-5-3(2-11-12-5)6(9)7(4)10/h1-2H,10H2. The number of anilines is 1. The Balaban J connectivity index is 2.94. The lowest BCUT2D eigenvalue weighted by atomic mass is 10.2. The second-order valence-corrected chi connectivity index (χ2v) is 2.32. The molecule has 1 heterocycles. The predicted octanol–water partition coefficient (Wildman–Crippen LogP) is 1.69. The highest BCUT2D eigenvalue weighted by Crippen LogP contribution is 2.24. The molecule has 0 amide bonds. The number of nitrogens with zero attached hydrogens (tertiary/aromatic N) is 1. The van der Waals surface area contributed by atoms with Crippen molar-refractivity contribution in [3.05, 3.63) is 23.9 Å². The summed E-state index contributed by atoms with van der Waals surface area (Å²) in [5.41, 5.74) is 4.63. The van der Waals surface area contributed by atoms with Crippen LogP contribution in [0.1, 0.15) is 0 Å².